The van der Waals surface area contributed by atoms with Crippen LogP contribution in [0, 0.1) is 5.92 Å². The van der Waals surface area contributed by atoms with Crippen molar-refractivity contribution >= 4 is 17.3 Å². The van der Waals surface area contributed by atoms with Crippen molar-refractivity contribution in [3.8, 4) is 0 Å². The molecule has 5 nitrogen and oxygen atoms in total. The van der Waals surface area contributed by atoms with Crippen LogP contribution in [0.4, 0.5) is 5.69 Å². The highest BCUT2D eigenvalue weighted by atomic mass is 35.5. The van der Waals surface area contributed by atoms with Crippen molar-refractivity contribution in [2.75, 3.05) is 24.5 Å². The Kier molecular flexibility index (Phi) is 3.03. The number of hydrogen-bond donors (Lipinski definition) is 1. The molecule has 0 bridgehead atoms. The fraction of sp³-hybridized carbons (Fsp3) is 0.667. The average molecular weight is 269 g/mol. The molecule has 2 aliphatic heterocycles. The minimum absolute atomic E-state index is 0.225. The molecule has 0 saturated carbocycles. The van der Waals surface area contributed by atoms with Gasteiger partial charge in [0, 0.05) is 26.2 Å². The minimum atomic E-state index is -0.225. The molecule has 2 atom stereocenters. The lowest BCUT2D eigenvalue weighted by Crippen LogP contribution is -2.40. The number of fused-ring (bicyclic) bond motifs is 1. The molecule has 0 aromatic carbocycles. The van der Waals surface area contributed by atoms with E-state index >= 15 is 0 Å². The monoisotopic (exact) mass is 268 g/mol. The van der Waals surface area contributed by atoms with Gasteiger partial charge in [-0.1, -0.05) is 11.6 Å². The summed E-state index contributed by atoms with van der Waals surface area (Å²) < 4.78 is 1.27. The van der Waals surface area contributed by atoms with Crippen molar-refractivity contribution in [1.29, 1.82) is 0 Å². The third kappa shape index (κ3) is 1.91. The van der Waals surface area contributed by atoms with Gasteiger partial charge in [-0.05, 0) is 25.3 Å². The van der Waals surface area contributed by atoms with Crippen molar-refractivity contribution in [3.05, 3.63) is 21.6 Å². The Bertz CT molecular complexity index is 501. The van der Waals surface area contributed by atoms with E-state index in [1.54, 1.807) is 13.2 Å². The van der Waals surface area contributed by atoms with Crippen molar-refractivity contribution in [3.63, 3.8) is 0 Å². The second-order valence-corrected chi connectivity index (χ2v) is 5.52. The smallest absolute Gasteiger partial charge is 0.287 e. The Morgan fingerprint density at radius 1 is 1.50 bits per heavy atom. The molecule has 3 heterocycles. The van der Waals surface area contributed by atoms with Gasteiger partial charge in [-0.3, -0.25) is 4.79 Å². The maximum Gasteiger partial charge on any atom is 0.287 e. The Labute approximate surface area is 111 Å². The zero-order valence-corrected chi connectivity index (χ0v) is 11.2. The normalized spacial score (nSPS) is 27.3. The van der Waals surface area contributed by atoms with Crippen LogP contribution in [-0.4, -0.2) is 35.5 Å². The Morgan fingerprint density at radius 2 is 2.33 bits per heavy atom. The second kappa shape index (κ2) is 4.55. The lowest BCUT2D eigenvalue weighted by atomic mass is 9.94. The van der Waals surface area contributed by atoms with Gasteiger partial charge in [0.05, 0.1) is 11.9 Å². The van der Waals surface area contributed by atoms with Gasteiger partial charge in [-0.2, -0.15) is 5.10 Å². The van der Waals surface area contributed by atoms with E-state index in [1.807, 2.05) is 0 Å². The number of piperidine rings is 1. The molecular weight excluding hydrogens is 252 g/mol. The highest BCUT2D eigenvalue weighted by Crippen LogP contribution is 2.31. The number of rotatable bonds is 1. The van der Waals surface area contributed by atoms with Crippen LogP contribution in [0.2, 0.25) is 5.02 Å². The maximum atomic E-state index is 11.8. The molecule has 3 rings (SSSR count). The summed E-state index contributed by atoms with van der Waals surface area (Å²) in [4.78, 5) is 14.0. The van der Waals surface area contributed by atoms with Crippen LogP contribution < -0.4 is 15.8 Å². The lowest BCUT2D eigenvalue weighted by molar-refractivity contribution is 0.340. The Morgan fingerprint density at radius 3 is 3.11 bits per heavy atom. The van der Waals surface area contributed by atoms with Gasteiger partial charge in [0.25, 0.3) is 5.56 Å². The van der Waals surface area contributed by atoms with Crippen molar-refractivity contribution in [1.82, 2.24) is 15.1 Å². The second-order valence-electron chi connectivity index (χ2n) is 5.14. The van der Waals surface area contributed by atoms with Gasteiger partial charge in [-0.15, -0.1) is 0 Å². The first-order valence-electron chi connectivity index (χ1n) is 6.37. The van der Waals surface area contributed by atoms with Gasteiger partial charge >= 0.3 is 0 Å². The predicted octanol–water partition coefficient (Wildman–Crippen LogP) is 0.622. The molecule has 6 heteroatoms. The number of nitrogens with zero attached hydrogens (tertiary/aromatic N) is 3. The number of anilines is 1. The Balaban J connectivity index is 1.88. The largest absolute Gasteiger partial charge is 0.367 e. The van der Waals surface area contributed by atoms with E-state index in [0.717, 1.165) is 25.3 Å². The molecule has 2 aliphatic rings. The van der Waals surface area contributed by atoms with Crippen molar-refractivity contribution in [2.24, 2.45) is 13.0 Å². The summed E-state index contributed by atoms with van der Waals surface area (Å²) in [5.74, 6) is 0.666. The van der Waals surface area contributed by atoms with Crippen molar-refractivity contribution < 1.29 is 0 Å². The predicted molar refractivity (Wildman–Crippen MR) is 71.2 cm³/mol. The average Bonchev–Trinajstić information content (AvgIpc) is 2.79. The van der Waals surface area contributed by atoms with E-state index in [4.69, 9.17) is 11.6 Å². The van der Waals surface area contributed by atoms with Gasteiger partial charge in [0.2, 0.25) is 0 Å². The first-order chi connectivity index (χ1) is 8.66. The molecule has 1 N–H and O–H groups in total. The van der Waals surface area contributed by atoms with Crippen molar-refractivity contribution in [2.45, 2.75) is 18.9 Å². The molecule has 98 valence electrons. The van der Waals surface area contributed by atoms with Crippen LogP contribution >= 0.6 is 11.6 Å². The number of hydrogen-bond acceptors (Lipinski definition) is 4. The lowest BCUT2D eigenvalue weighted by Gasteiger charge is -2.24. The minimum Gasteiger partial charge on any atom is -0.367 e. The van der Waals surface area contributed by atoms with E-state index in [-0.39, 0.29) is 10.6 Å². The quantitative estimate of drug-likeness (QED) is 0.811. The molecule has 0 aliphatic carbocycles. The molecule has 18 heavy (non-hydrogen) atoms. The summed E-state index contributed by atoms with van der Waals surface area (Å²) in [7, 11) is 1.61. The topological polar surface area (TPSA) is 50.2 Å². The van der Waals surface area contributed by atoms with Crippen LogP contribution in [0.25, 0.3) is 0 Å². The van der Waals surface area contributed by atoms with Crippen LogP contribution in [0.5, 0.6) is 0 Å². The van der Waals surface area contributed by atoms with Gasteiger partial charge in [0.1, 0.15) is 5.02 Å². The molecule has 2 fully saturated rings. The zero-order chi connectivity index (χ0) is 12.7. The summed E-state index contributed by atoms with van der Waals surface area (Å²) in [5, 5.41) is 7.88. The molecule has 0 radical (unpaired) electrons. The van der Waals surface area contributed by atoms with E-state index in [9.17, 15) is 4.79 Å². The molecule has 0 unspecified atom stereocenters. The SMILES string of the molecule is Cn1ncc(N2C[C@@H]3CCCN[C@@H]3C2)c(Cl)c1=O. The third-order valence-electron chi connectivity index (χ3n) is 4.00. The highest BCUT2D eigenvalue weighted by molar-refractivity contribution is 6.33. The van der Waals surface area contributed by atoms with Gasteiger partial charge in [-0.25, -0.2) is 4.68 Å². The summed E-state index contributed by atoms with van der Waals surface area (Å²) in [6.07, 6.45) is 4.18. The number of nitrogens with one attached hydrogen (secondary N) is 1. The standard InChI is InChI=1S/C12H17ClN4O/c1-16-12(18)11(13)10(5-15-16)17-6-8-3-2-4-14-9(8)7-17/h5,8-9,14H,2-4,6-7H2,1H3/t8-,9+/m0/s1. The van der Waals surface area contributed by atoms with E-state index < -0.39 is 0 Å². The number of halogens is 1. The van der Waals surface area contributed by atoms with Gasteiger partial charge < -0.3 is 10.2 Å². The van der Waals surface area contributed by atoms with Crippen LogP contribution in [0.3, 0.4) is 0 Å². The fourth-order valence-corrected chi connectivity index (χ4v) is 3.26. The molecule has 0 spiro atoms. The summed E-state index contributed by atoms with van der Waals surface area (Å²) >= 11 is 6.14. The molecule has 2 saturated heterocycles. The molecular formula is C12H17ClN4O. The summed E-state index contributed by atoms with van der Waals surface area (Å²) in [5.41, 5.74) is 0.549. The highest BCUT2D eigenvalue weighted by Gasteiger charge is 2.35. The van der Waals surface area contributed by atoms with E-state index in [2.05, 4.69) is 15.3 Å². The molecule has 1 aromatic rings. The fourth-order valence-electron chi connectivity index (χ4n) is 2.97. The first-order valence-corrected chi connectivity index (χ1v) is 6.75. The summed E-state index contributed by atoms with van der Waals surface area (Å²) in [6, 6.07) is 0.527. The van der Waals surface area contributed by atoms with Crippen LogP contribution in [0.1, 0.15) is 12.8 Å². The van der Waals surface area contributed by atoms with Crippen LogP contribution in [-0.2, 0) is 7.05 Å². The molecule has 1 aromatic heterocycles. The van der Waals surface area contributed by atoms with Gasteiger partial charge in [0.15, 0.2) is 0 Å². The van der Waals surface area contributed by atoms with E-state index in [1.165, 1.54) is 17.5 Å². The first kappa shape index (κ1) is 12.0. The maximum absolute atomic E-state index is 11.8. The van der Waals surface area contributed by atoms with E-state index in [0.29, 0.717) is 12.0 Å². The Hall–Kier alpha value is -1.07. The third-order valence-corrected chi connectivity index (χ3v) is 4.36. The number of aryl methyl sites for hydroxylation is 1. The summed E-state index contributed by atoms with van der Waals surface area (Å²) in [6.45, 7) is 2.98. The zero-order valence-electron chi connectivity index (χ0n) is 10.4. The molecule has 0 amide bonds. The van der Waals surface area contributed by atoms with Crippen LogP contribution in [0.15, 0.2) is 11.0 Å². The number of aromatic nitrogens is 2.